The van der Waals surface area contributed by atoms with Crippen molar-refractivity contribution < 1.29 is 52.0 Å². The van der Waals surface area contributed by atoms with Gasteiger partial charge in [0.2, 0.25) is 0 Å². The van der Waals surface area contributed by atoms with Gasteiger partial charge >= 0.3 is 15.6 Å². The average molecular weight is 656 g/mol. The highest BCUT2D eigenvalue weighted by atomic mass is 31.2. The van der Waals surface area contributed by atoms with Crippen molar-refractivity contribution >= 4 is 43.7 Å². The maximum Gasteiger partial charge on any atom is 0.472 e. The van der Waals surface area contributed by atoms with Crippen molar-refractivity contribution in [3.63, 3.8) is 0 Å². The van der Waals surface area contributed by atoms with Crippen LogP contribution in [-0.4, -0.2) is 97.8 Å². The lowest BCUT2D eigenvalue weighted by molar-refractivity contribution is -0.0552. The number of nitrogens with one attached hydrogen (secondary N) is 1. The molecule has 6 heterocycles. The number of rotatable bonds is 2. The second-order valence-corrected chi connectivity index (χ2v) is 13.4. The third-order valence-electron chi connectivity index (χ3n) is 7.90. The smallest absolute Gasteiger partial charge is 0.397 e. The van der Waals surface area contributed by atoms with Crippen LogP contribution in [0.5, 0.6) is 0 Å². The molecule has 236 valence electrons. The van der Waals surface area contributed by atoms with Crippen LogP contribution in [0.4, 0.5) is 5.69 Å². The quantitative estimate of drug-likeness (QED) is 0.146. The van der Waals surface area contributed by atoms with Gasteiger partial charge in [0.1, 0.15) is 29.9 Å². The number of aromatic amines is 1. The van der Waals surface area contributed by atoms with Gasteiger partial charge in [-0.1, -0.05) is 0 Å². The van der Waals surface area contributed by atoms with Crippen molar-refractivity contribution in [3.05, 3.63) is 41.6 Å². The van der Waals surface area contributed by atoms with Crippen molar-refractivity contribution in [1.29, 1.82) is 0 Å². The lowest BCUT2D eigenvalue weighted by Crippen LogP contribution is -2.36. The summed E-state index contributed by atoms with van der Waals surface area (Å²) >= 11 is 0. The van der Waals surface area contributed by atoms with Crippen LogP contribution in [0.2, 0.25) is 0 Å². The van der Waals surface area contributed by atoms with Gasteiger partial charge in [-0.15, -0.1) is 0 Å². The summed E-state index contributed by atoms with van der Waals surface area (Å²) in [7, 11) is -9.94. The van der Waals surface area contributed by atoms with Crippen LogP contribution < -0.4 is 11.3 Å². The van der Waals surface area contributed by atoms with Gasteiger partial charge in [0.25, 0.3) is 5.56 Å². The molecule has 3 aliphatic rings. The van der Waals surface area contributed by atoms with Crippen LogP contribution >= 0.6 is 15.6 Å². The Labute approximate surface area is 245 Å². The number of nitrogens with two attached hydrogens (primary N) is 1. The fourth-order valence-corrected chi connectivity index (χ4v) is 7.81. The van der Waals surface area contributed by atoms with E-state index in [1.165, 1.54) is 34.1 Å². The number of aliphatic hydroxyl groups is 2. The third kappa shape index (κ3) is 5.07. The van der Waals surface area contributed by atoms with E-state index in [0.717, 1.165) is 6.33 Å². The molecule has 2 bridgehead atoms. The van der Waals surface area contributed by atoms with Crippen LogP contribution in [-0.2, 0) is 32.0 Å². The molecule has 44 heavy (non-hydrogen) atoms. The molecule has 10 atom stereocenters. The van der Waals surface area contributed by atoms with Crippen LogP contribution in [0.15, 0.2) is 36.0 Å². The minimum atomic E-state index is -4.99. The molecule has 1 saturated carbocycles. The maximum atomic E-state index is 13.2. The fourth-order valence-electron chi connectivity index (χ4n) is 5.84. The van der Waals surface area contributed by atoms with Crippen LogP contribution in [0, 0.1) is 5.92 Å². The van der Waals surface area contributed by atoms with Gasteiger partial charge in [0.15, 0.2) is 23.0 Å². The number of fused-ring (bicyclic) bond motifs is 5. The molecule has 0 radical (unpaired) electrons. The lowest BCUT2D eigenvalue weighted by atomic mass is 10.1. The van der Waals surface area contributed by atoms with Crippen LogP contribution in [0.3, 0.4) is 0 Å². The Hall–Kier alpha value is -3.13. The number of phosphoric ester groups is 2. The zero-order valence-electron chi connectivity index (χ0n) is 22.3. The van der Waals surface area contributed by atoms with E-state index in [1.807, 2.05) is 0 Å². The zero-order valence-corrected chi connectivity index (χ0v) is 24.1. The number of H-pyrrole nitrogens is 1. The molecule has 3 fully saturated rings. The topological polar surface area (TPSA) is 282 Å². The normalized spacial score (nSPS) is 38.3. The number of aromatic nitrogens is 7. The molecular weight excluding hydrogens is 630 g/mol. The molecule has 0 spiro atoms. The molecule has 4 unspecified atom stereocenters. The van der Waals surface area contributed by atoms with Crippen molar-refractivity contribution in [2.75, 3.05) is 18.9 Å². The van der Waals surface area contributed by atoms with Gasteiger partial charge in [-0.3, -0.25) is 27.5 Å². The summed E-state index contributed by atoms with van der Waals surface area (Å²) in [6.45, 7) is -1.33. The van der Waals surface area contributed by atoms with Crippen molar-refractivity contribution in [3.8, 4) is 0 Å². The van der Waals surface area contributed by atoms with E-state index in [0.29, 0.717) is 11.2 Å². The second-order valence-electron chi connectivity index (χ2n) is 10.6. The van der Waals surface area contributed by atoms with Crippen molar-refractivity contribution in [2.45, 2.75) is 49.2 Å². The number of nitrogens with zero attached hydrogens (tertiary/aromatic N) is 6. The number of ether oxygens (including phenoxy) is 1. The van der Waals surface area contributed by atoms with Gasteiger partial charge in [0.05, 0.1) is 50.0 Å². The van der Waals surface area contributed by atoms with E-state index in [1.54, 1.807) is 0 Å². The van der Waals surface area contributed by atoms with E-state index in [4.69, 9.17) is 28.6 Å². The molecule has 7 rings (SSSR count). The van der Waals surface area contributed by atoms with E-state index in [2.05, 4.69) is 24.9 Å². The Morgan fingerprint density at radius 3 is 2.39 bits per heavy atom. The summed E-state index contributed by atoms with van der Waals surface area (Å²) in [4.78, 5) is 52.5. The molecule has 1 aliphatic carbocycles. The lowest BCUT2D eigenvalue weighted by Gasteiger charge is -2.26. The number of nitrogen functional groups attached to an aromatic ring is 1. The molecule has 4 aromatic heterocycles. The first-order valence-electron chi connectivity index (χ1n) is 13.2. The first-order valence-corrected chi connectivity index (χ1v) is 16.2. The first-order chi connectivity index (χ1) is 20.9. The summed E-state index contributed by atoms with van der Waals surface area (Å²) in [5.74, 6) is -0.934. The Morgan fingerprint density at radius 1 is 0.909 bits per heavy atom. The highest BCUT2D eigenvalue weighted by molar-refractivity contribution is 7.47. The Balaban J connectivity index is 1.20. The van der Waals surface area contributed by atoms with Crippen molar-refractivity contribution in [1.82, 2.24) is 34.1 Å². The molecule has 2 saturated heterocycles. The number of hydrogen-bond acceptors (Lipinski definition) is 15. The monoisotopic (exact) mass is 656 g/mol. The number of phosphoric acid groups is 2. The molecule has 22 heteroatoms. The summed E-state index contributed by atoms with van der Waals surface area (Å²) in [5, 5.41) is 22.3. The van der Waals surface area contributed by atoms with Crippen LogP contribution in [0.25, 0.3) is 22.3 Å². The largest absolute Gasteiger partial charge is 0.472 e. The van der Waals surface area contributed by atoms with Crippen LogP contribution in [0.1, 0.15) is 18.7 Å². The van der Waals surface area contributed by atoms with Gasteiger partial charge in [-0.2, -0.15) is 0 Å². The Bertz CT molecular complexity index is 1880. The van der Waals surface area contributed by atoms with Gasteiger partial charge in [-0.05, 0) is 12.5 Å². The Kier molecular flexibility index (Phi) is 7.22. The maximum absolute atomic E-state index is 13.2. The molecule has 20 nitrogen and oxygen atoms in total. The molecule has 0 aromatic carbocycles. The SMILES string of the molecule is Nc1ccnc2c1ncn2[C@@H]1O[C@@H]2COP(=O)(O)O[C@H]3C(O)[C@@H](COP(=O)(O)OC2[C@@H]1O)C[C@H]3n1cnc2c(=O)[nH]cnc21. The Morgan fingerprint density at radius 2 is 1.59 bits per heavy atom. The number of anilines is 1. The minimum Gasteiger partial charge on any atom is -0.397 e. The number of hydrogen-bond donors (Lipinski definition) is 6. The van der Waals surface area contributed by atoms with Gasteiger partial charge < -0.3 is 40.0 Å². The van der Waals surface area contributed by atoms with Gasteiger partial charge in [0, 0.05) is 12.1 Å². The molecule has 2 aliphatic heterocycles. The summed E-state index contributed by atoms with van der Waals surface area (Å²) in [6.07, 6.45) is -3.82. The predicted molar refractivity (Wildman–Crippen MR) is 144 cm³/mol. The summed E-state index contributed by atoms with van der Waals surface area (Å²) < 4.78 is 56.1. The number of pyridine rings is 1. The highest BCUT2D eigenvalue weighted by Gasteiger charge is 2.53. The molecule has 0 amide bonds. The third-order valence-corrected chi connectivity index (χ3v) is 9.88. The fraction of sp³-hybridized carbons (Fsp3) is 0.500. The predicted octanol–water partition coefficient (Wildman–Crippen LogP) is -0.655. The van der Waals surface area contributed by atoms with E-state index >= 15 is 0 Å². The number of aliphatic hydroxyl groups excluding tert-OH is 2. The second kappa shape index (κ2) is 10.7. The highest BCUT2D eigenvalue weighted by Crippen LogP contribution is 2.55. The average Bonchev–Trinajstić information content (AvgIpc) is 3.73. The van der Waals surface area contributed by atoms with E-state index in [-0.39, 0.29) is 23.2 Å². The first kappa shape index (κ1) is 29.6. The molecular formula is C22H26N8O12P2. The van der Waals surface area contributed by atoms with Gasteiger partial charge in [-0.25, -0.2) is 29.1 Å². The molecule has 4 aromatic rings. The van der Waals surface area contributed by atoms with E-state index in [9.17, 15) is 33.9 Å². The molecule has 7 N–H and O–H groups in total. The number of imidazole rings is 2. The summed E-state index contributed by atoms with van der Waals surface area (Å²) in [6, 6.07) is 0.594. The van der Waals surface area contributed by atoms with E-state index < -0.39 is 83.1 Å². The summed E-state index contributed by atoms with van der Waals surface area (Å²) in [5.41, 5.74) is 6.34. The standard InChI is InChI=1S/C22H26N8O12P2/c23-10-1-2-24-19-13(10)27-8-30(19)22-16(32)18-12(40-22)5-39-44(36,37)41-17-11(3-9(15(17)31)4-38-43(34,35)42-18)29-7-28-14-20(29)25-6-26-21(14)33/h1-2,6-9,11-12,15-18,22,31-32H,3-5H2,(H2,23,24)(H,34,35)(H,36,37)(H,25,26,33)/t9-,11-,12-,15?,16+,17-,18?,22-/m1/s1. The zero-order chi connectivity index (χ0) is 31.0. The minimum absolute atomic E-state index is 0.0184. The van der Waals surface area contributed by atoms with Crippen molar-refractivity contribution in [2.24, 2.45) is 5.92 Å².